The van der Waals surface area contributed by atoms with Crippen molar-refractivity contribution in [3.63, 3.8) is 0 Å². The summed E-state index contributed by atoms with van der Waals surface area (Å²) < 4.78 is 4.79. The molecule has 2 aromatic heterocycles. The Morgan fingerprint density at radius 2 is 1.92 bits per heavy atom. The summed E-state index contributed by atoms with van der Waals surface area (Å²) in [5.41, 5.74) is 4.00. The number of nitrogens with one attached hydrogen (secondary N) is 1. The Hall–Kier alpha value is -3.56. The Balaban J connectivity index is 1.16. The Kier molecular flexibility index (Phi) is 6.95. The standard InChI is InChI=1S/C29H31ClN6O3/c1-39-25(37)18-35-10-7-29(8-11-35)9-12-36(27(29)38)23-14-22(15-31-16-23)33-28-32-17-24(30)26(34-28)21-4-2-3-20(13-21)19-5-6-19/h2-4,13-17,19H,5-12,18H2,1H3,(H,32,33,34). The maximum absolute atomic E-state index is 13.6. The van der Waals surface area contributed by atoms with Gasteiger partial charge < -0.3 is 15.0 Å². The van der Waals surface area contributed by atoms with Crippen LogP contribution >= 0.6 is 11.6 Å². The topological polar surface area (TPSA) is 101 Å². The molecule has 1 amide bonds. The van der Waals surface area contributed by atoms with Crippen molar-refractivity contribution in [1.82, 2.24) is 19.9 Å². The quantitative estimate of drug-likeness (QED) is 0.422. The van der Waals surface area contributed by atoms with Gasteiger partial charge in [0.15, 0.2) is 0 Å². The number of nitrogens with zero attached hydrogens (tertiary/aromatic N) is 5. The van der Waals surface area contributed by atoms with Gasteiger partial charge in [0.05, 0.1) is 59.8 Å². The molecule has 3 aromatic rings. The van der Waals surface area contributed by atoms with E-state index in [0.717, 1.165) is 30.5 Å². The van der Waals surface area contributed by atoms with Crippen LogP contribution in [0.3, 0.4) is 0 Å². The molecule has 0 atom stereocenters. The normalized spacial score (nSPS) is 18.9. The number of piperidine rings is 1. The van der Waals surface area contributed by atoms with Gasteiger partial charge >= 0.3 is 5.97 Å². The van der Waals surface area contributed by atoms with Gasteiger partial charge in [-0.25, -0.2) is 9.97 Å². The second-order valence-electron chi connectivity index (χ2n) is 10.7. The number of hydrogen-bond acceptors (Lipinski definition) is 8. The maximum atomic E-state index is 13.6. The Morgan fingerprint density at radius 1 is 1.13 bits per heavy atom. The van der Waals surface area contributed by atoms with Gasteiger partial charge in [0.1, 0.15) is 0 Å². The third-order valence-corrected chi connectivity index (χ3v) is 8.43. The van der Waals surface area contributed by atoms with E-state index in [1.807, 2.05) is 23.1 Å². The number of amides is 1. The molecule has 3 aliphatic rings. The first-order chi connectivity index (χ1) is 18.9. The van der Waals surface area contributed by atoms with E-state index >= 15 is 0 Å². The predicted molar refractivity (Wildman–Crippen MR) is 149 cm³/mol. The number of pyridine rings is 1. The van der Waals surface area contributed by atoms with Crippen LogP contribution in [0.1, 0.15) is 43.6 Å². The van der Waals surface area contributed by atoms with Crippen LogP contribution in [0.5, 0.6) is 0 Å². The van der Waals surface area contributed by atoms with Crippen molar-refractivity contribution < 1.29 is 14.3 Å². The number of carbonyl (C=O) groups is 2. The molecule has 39 heavy (non-hydrogen) atoms. The first-order valence-electron chi connectivity index (χ1n) is 13.4. The second kappa shape index (κ2) is 10.5. The van der Waals surface area contributed by atoms with Crippen LogP contribution in [0, 0.1) is 5.41 Å². The van der Waals surface area contributed by atoms with Crippen LogP contribution in [0.4, 0.5) is 17.3 Å². The largest absolute Gasteiger partial charge is 0.468 e. The first-order valence-corrected chi connectivity index (χ1v) is 13.8. The zero-order valence-corrected chi connectivity index (χ0v) is 22.7. The highest BCUT2D eigenvalue weighted by Crippen LogP contribution is 2.44. The van der Waals surface area contributed by atoms with Crippen LogP contribution in [0.2, 0.25) is 5.02 Å². The average Bonchev–Trinajstić information content (AvgIpc) is 3.76. The van der Waals surface area contributed by atoms with Gasteiger partial charge in [0.25, 0.3) is 0 Å². The molecule has 4 heterocycles. The molecule has 2 saturated heterocycles. The number of aromatic nitrogens is 3. The van der Waals surface area contributed by atoms with Gasteiger partial charge in [-0.2, -0.15) is 0 Å². The molecule has 10 heteroatoms. The van der Waals surface area contributed by atoms with Crippen molar-refractivity contribution in [1.29, 1.82) is 0 Å². The lowest BCUT2D eigenvalue weighted by atomic mass is 9.77. The Morgan fingerprint density at radius 3 is 2.69 bits per heavy atom. The molecule has 1 N–H and O–H groups in total. The van der Waals surface area contributed by atoms with E-state index in [1.54, 1.807) is 18.6 Å². The highest BCUT2D eigenvalue weighted by Gasteiger charge is 2.48. The lowest BCUT2D eigenvalue weighted by Crippen LogP contribution is -2.46. The summed E-state index contributed by atoms with van der Waals surface area (Å²) in [6.45, 7) is 2.31. The van der Waals surface area contributed by atoms with E-state index in [9.17, 15) is 9.59 Å². The van der Waals surface area contributed by atoms with Crippen LogP contribution in [0.25, 0.3) is 11.3 Å². The molecule has 0 radical (unpaired) electrons. The number of carbonyl (C=O) groups excluding carboxylic acids is 2. The van der Waals surface area contributed by atoms with Crippen molar-refractivity contribution in [2.75, 3.05) is 43.5 Å². The number of rotatable bonds is 7. The SMILES string of the molecule is COC(=O)CN1CCC2(CC1)CCN(c1cncc(Nc3ncc(Cl)c(-c4cccc(C5CC5)c4)n3)c1)C2=O. The minimum atomic E-state index is -0.390. The molecule has 1 aliphatic carbocycles. The Bertz CT molecular complexity index is 1400. The fourth-order valence-electron chi connectivity index (χ4n) is 5.68. The minimum absolute atomic E-state index is 0.125. The number of halogens is 1. The number of ether oxygens (including phenoxy) is 1. The van der Waals surface area contributed by atoms with E-state index in [2.05, 4.69) is 32.3 Å². The van der Waals surface area contributed by atoms with Gasteiger partial charge in [-0.1, -0.05) is 29.8 Å². The van der Waals surface area contributed by atoms with Gasteiger partial charge in [-0.15, -0.1) is 0 Å². The van der Waals surface area contributed by atoms with Gasteiger partial charge in [-0.05, 0) is 68.8 Å². The predicted octanol–water partition coefficient (Wildman–Crippen LogP) is 4.80. The van der Waals surface area contributed by atoms with Crippen LogP contribution < -0.4 is 10.2 Å². The number of esters is 1. The third kappa shape index (κ3) is 5.33. The van der Waals surface area contributed by atoms with E-state index < -0.39 is 0 Å². The van der Waals surface area contributed by atoms with E-state index in [-0.39, 0.29) is 23.8 Å². The molecule has 1 spiro atoms. The number of benzene rings is 1. The molecule has 202 valence electrons. The van der Waals surface area contributed by atoms with Crippen molar-refractivity contribution in [2.24, 2.45) is 5.41 Å². The van der Waals surface area contributed by atoms with Crippen molar-refractivity contribution in [2.45, 2.75) is 38.0 Å². The van der Waals surface area contributed by atoms with E-state index in [0.29, 0.717) is 47.9 Å². The van der Waals surface area contributed by atoms with Crippen molar-refractivity contribution in [3.8, 4) is 11.3 Å². The summed E-state index contributed by atoms with van der Waals surface area (Å²) in [6.07, 6.45) is 9.72. The number of methoxy groups -OCH3 is 1. The van der Waals surface area contributed by atoms with Crippen molar-refractivity contribution in [3.05, 3.63) is 59.5 Å². The number of anilines is 3. The molecule has 9 nitrogen and oxygen atoms in total. The summed E-state index contributed by atoms with van der Waals surface area (Å²) in [5.74, 6) is 0.924. The molecule has 3 fully saturated rings. The molecule has 6 rings (SSSR count). The second-order valence-corrected chi connectivity index (χ2v) is 11.1. The highest BCUT2D eigenvalue weighted by molar-refractivity contribution is 6.32. The number of hydrogen-bond donors (Lipinski definition) is 1. The molecule has 1 saturated carbocycles. The third-order valence-electron chi connectivity index (χ3n) is 8.15. The lowest BCUT2D eigenvalue weighted by Gasteiger charge is -2.37. The number of likely N-dealkylation sites (tertiary alicyclic amines) is 1. The highest BCUT2D eigenvalue weighted by atomic mass is 35.5. The lowest BCUT2D eigenvalue weighted by molar-refractivity contribution is -0.142. The zero-order valence-electron chi connectivity index (χ0n) is 21.9. The average molecular weight is 547 g/mol. The minimum Gasteiger partial charge on any atom is -0.468 e. The summed E-state index contributed by atoms with van der Waals surface area (Å²) >= 11 is 6.49. The molecule has 0 bridgehead atoms. The van der Waals surface area contributed by atoms with Crippen LogP contribution in [-0.4, -0.2) is 65.0 Å². The summed E-state index contributed by atoms with van der Waals surface area (Å²) in [5, 5.41) is 3.73. The smallest absolute Gasteiger partial charge is 0.319 e. The van der Waals surface area contributed by atoms with Crippen molar-refractivity contribution >= 4 is 40.8 Å². The summed E-state index contributed by atoms with van der Waals surface area (Å²) in [6, 6.07) is 10.3. The van der Waals surface area contributed by atoms with Crippen LogP contribution in [-0.2, 0) is 14.3 Å². The van der Waals surface area contributed by atoms with E-state index in [4.69, 9.17) is 21.3 Å². The monoisotopic (exact) mass is 546 g/mol. The first kappa shape index (κ1) is 25.7. The maximum Gasteiger partial charge on any atom is 0.319 e. The van der Waals surface area contributed by atoms with Crippen LogP contribution in [0.15, 0.2) is 48.9 Å². The Labute approximate surface area is 232 Å². The summed E-state index contributed by atoms with van der Waals surface area (Å²) in [7, 11) is 1.40. The summed E-state index contributed by atoms with van der Waals surface area (Å²) in [4.78, 5) is 42.6. The fraction of sp³-hybridized carbons (Fsp3) is 0.414. The van der Waals surface area contributed by atoms with Gasteiger partial charge in [0.2, 0.25) is 11.9 Å². The molecular formula is C29H31ClN6O3. The fourth-order valence-corrected chi connectivity index (χ4v) is 5.88. The molecule has 1 aromatic carbocycles. The van der Waals surface area contributed by atoms with E-state index in [1.165, 1.54) is 25.5 Å². The van der Waals surface area contributed by atoms with Gasteiger partial charge in [0, 0.05) is 12.1 Å². The van der Waals surface area contributed by atoms with Gasteiger partial charge in [-0.3, -0.25) is 19.5 Å². The molecule has 0 unspecified atom stereocenters. The molecule has 2 aliphatic heterocycles. The zero-order chi connectivity index (χ0) is 27.0. The molecular weight excluding hydrogens is 516 g/mol.